The number of rotatable bonds is 6. The summed E-state index contributed by atoms with van der Waals surface area (Å²) in [6.45, 7) is 6.49. The first-order valence-corrected chi connectivity index (χ1v) is 11.2. The van der Waals surface area contributed by atoms with Crippen molar-refractivity contribution in [3.05, 3.63) is 30.1 Å². The van der Waals surface area contributed by atoms with E-state index in [1.807, 2.05) is 24.0 Å². The lowest BCUT2D eigenvalue weighted by Gasteiger charge is -2.40. The number of piperidine rings is 1. The second kappa shape index (κ2) is 9.24. The molecule has 1 saturated carbocycles. The number of carbonyl (C=O) groups is 2. The number of likely N-dealkylation sites (tertiary alicyclic amines) is 1. The Morgan fingerprint density at radius 3 is 2.38 bits per heavy atom. The summed E-state index contributed by atoms with van der Waals surface area (Å²) >= 11 is 0. The van der Waals surface area contributed by atoms with Gasteiger partial charge in [-0.15, -0.1) is 0 Å². The van der Waals surface area contributed by atoms with Crippen molar-refractivity contribution in [2.75, 3.05) is 32.8 Å². The van der Waals surface area contributed by atoms with Gasteiger partial charge in [0.05, 0.1) is 0 Å². The fourth-order valence-corrected chi connectivity index (χ4v) is 5.47. The van der Waals surface area contributed by atoms with Crippen LogP contribution < -0.4 is 0 Å². The van der Waals surface area contributed by atoms with E-state index in [2.05, 4.69) is 9.88 Å². The topological polar surface area (TPSA) is 62.7 Å². The highest BCUT2D eigenvalue weighted by Crippen LogP contribution is 2.44. The van der Waals surface area contributed by atoms with Crippen LogP contribution in [0.1, 0.15) is 44.6 Å². The van der Waals surface area contributed by atoms with Crippen LogP contribution in [0, 0.1) is 23.7 Å². The lowest BCUT2D eigenvalue weighted by atomic mass is 9.81. The molecule has 2 saturated heterocycles. The summed E-state index contributed by atoms with van der Waals surface area (Å²) in [5, 5.41) is 0. The van der Waals surface area contributed by atoms with Crippen molar-refractivity contribution in [2.45, 2.75) is 45.6 Å². The van der Waals surface area contributed by atoms with Gasteiger partial charge < -0.3 is 14.5 Å². The van der Waals surface area contributed by atoms with E-state index in [0.717, 1.165) is 50.9 Å². The summed E-state index contributed by atoms with van der Waals surface area (Å²) in [6.07, 6.45) is 8.18. The Balaban J connectivity index is 1.34. The largest absolute Gasteiger partial charge is 0.381 e. The van der Waals surface area contributed by atoms with Crippen LogP contribution in [0.4, 0.5) is 0 Å². The molecule has 0 spiro atoms. The van der Waals surface area contributed by atoms with Crippen LogP contribution in [-0.2, 0) is 20.9 Å². The van der Waals surface area contributed by atoms with Crippen LogP contribution in [0.5, 0.6) is 0 Å². The molecule has 29 heavy (non-hydrogen) atoms. The number of amides is 2. The number of carbonyl (C=O) groups excluding carboxylic acids is 2. The zero-order valence-electron chi connectivity index (χ0n) is 17.5. The van der Waals surface area contributed by atoms with Crippen molar-refractivity contribution < 1.29 is 14.3 Å². The zero-order valence-corrected chi connectivity index (χ0v) is 17.5. The maximum Gasteiger partial charge on any atom is 0.225 e. The van der Waals surface area contributed by atoms with E-state index in [-0.39, 0.29) is 11.8 Å². The van der Waals surface area contributed by atoms with Crippen LogP contribution in [0.2, 0.25) is 0 Å². The number of aromatic nitrogens is 1. The van der Waals surface area contributed by atoms with Gasteiger partial charge in [-0.05, 0) is 68.1 Å². The van der Waals surface area contributed by atoms with Crippen molar-refractivity contribution in [3.8, 4) is 0 Å². The molecule has 0 N–H and O–H groups in total. The Kier molecular flexibility index (Phi) is 6.48. The van der Waals surface area contributed by atoms with E-state index in [0.29, 0.717) is 49.8 Å². The summed E-state index contributed by atoms with van der Waals surface area (Å²) in [5.74, 6) is 2.07. The summed E-state index contributed by atoms with van der Waals surface area (Å²) in [6, 6.07) is 3.94. The second-order valence-electron chi connectivity index (χ2n) is 8.86. The van der Waals surface area contributed by atoms with Gasteiger partial charge >= 0.3 is 0 Å². The lowest BCUT2D eigenvalue weighted by molar-refractivity contribution is -0.142. The molecule has 6 nitrogen and oxygen atoms in total. The van der Waals surface area contributed by atoms with Crippen LogP contribution >= 0.6 is 0 Å². The zero-order chi connectivity index (χ0) is 20.2. The van der Waals surface area contributed by atoms with E-state index in [1.165, 1.54) is 0 Å². The Labute approximate surface area is 173 Å². The summed E-state index contributed by atoms with van der Waals surface area (Å²) < 4.78 is 5.41. The average molecular weight is 400 g/mol. The first kappa shape index (κ1) is 20.3. The molecule has 2 bridgehead atoms. The summed E-state index contributed by atoms with van der Waals surface area (Å²) in [7, 11) is 0. The molecule has 1 aromatic rings. The van der Waals surface area contributed by atoms with Gasteiger partial charge in [0, 0.05) is 64.1 Å². The van der Waals surface area contributed by atoms with Crippen LogP contribution in [0.25, 0.3) is 0 Å². The van der Waals surface area contributed by atoms with Crippen LogP contribution in [0.3, 0.4) is 0 Å². The maximum absolute atomic E-state index is 13.0. The Hall–Kier alpha value is -1.95. The van der Waals surface area contributed by atoms with E-state index in [4.69, 9.17) is 4.74 Å². The molecule has 4 rings (SSSR count). The van der Waals surface area contributed by atoms with Gasteiger partial charge in [0.25, 0.3) is 0 Å². The van der Waals surface area contributed by atoms with Crippen molar-refractivity contribution in [2.24, 2.45) is 23.7 Å². The fourth-order valence-electron chi connectivity index (χ4n) is 5.47. The Morgan fingerprint density at radius 1 is 1.10 bits per heavy atom. The van der Waals surface area contributed by atoms with Crippen LogP contribution in [0.15, 0.2) is 24.5 Å². The van der Waals surface area contributed by atoms with Gasteiger partial charge in [0.15, 0.2) is 0 Å². The molecule has 6 heteroatoms. The fraction of sp³-hybridized carbons (Fsp3) is 0.696. The predicted octanol–water partition coefficient (Wildman–Crippen LogP) is 2.73. The van der Waals surface area contributed by atoms with Gasteiger partial charge in [-0.25, -0.2) is 0 Å². The quantitative estimate of drug-likeness (QED) is 0.738. The minimum atomic E-state index is 0.136. The van der Waals surface area contributed by atoms with E-state index in [1.54, 1.807) is 12.4 Å². The molecule has 1 aliphatic carbocycles. The van der Waals surface area contributed by atoms with Crippen molar-refractivity contribution >= 4 is 11.8 Å². The third kappa shape index (κ3) is 4.63. The SMILES string of the molecule is CCN(Cc1ccncc1)C(=O)CC1C2CCC1CN(C(=O)C1CCOCC1)C2. The summed E-state index contributed by atoms with van der Waals surface area (Å²) in [5.41, 5.74) is 1.12. The van der Waals surface area contributed by atoms with Crippen molar-refractivity contribution in [1.82, 2.24) is 14.8 Å². The third-order valence-corrected chi connectivity index (χ3v) is 7.18. The van der Waals surface area contributed by atoms with E-state index in [9.17, 15) is 9.59 Å². The maximum atomic E-state index is 13.0. The number of hydrogen-bond donors (Lipinski definition) is 0. The van der Waals surface area contributed by atoms with Gasteiger partial charge in [-0.3, -0.25) is 14.6 Å². The highest BCUT2D eigenvalue weighted by Gasteiger charge is 2.45. The summed E-state index contributed by atoms with van der Waals surface area (Å²) in [4.78, 5) is 34.1. The van der Waals surface area contributed by atoms with Crippen molar-refractivity contribution in [1.29, 1.82) is 0 Å². The molecule has 0 aromatic carbocycles. The molecule has 158 valence electrons. The molecular weight excluding hydrogens is 366 g/mol. The standard InChI is InChI=1S/C23H33N3O3/c1-2-25(14-17-5-9-24-10-6-17)22(27)13-21-19-3-4-20(21)16-26(15-19)23(28)18-7-11-29-12-8-18/h5-6,9-10,18-21H,2-4,7-8,11-16H2,1H3. The molecular formula is C23H33N3O3. The first-order chi connectivity index (χ1) is 14.2. The van der Waals surface area contributed by atoms with E-state index < -0.39 is 0 Å². The lowest BCUT2D eigenvalue weighted by Crippen LogP contribution is -2.49. The minimum absolute atomic E-state index is 0.136. The number of ether oxygens (including phenoxy) is 1. The van der Waals surface area contributed by atoms with Crippen molar-refractivity contribution in [3.63, 3.8) is 0 Å². The smallest absolute Gasteiger partial charge is 0.225 e. The predicted molar refractivity (Wildman–Crippen MR) is 110 cm³/mol. The number of pyridine rings is 1. The highest BCUT2D eigenvalue weighted by molar-refractivity contribution is 5.79. The molecule has 2 aliphatic heterocycles. The van der Waals surface area contributed by atoms with Gasteiger partial charge in [0.2, 0.25) is 11.8 Å². The average Bonchev–Trinajstić information content (AvgIpc) is 2.99. The van der Waals surface area contributed by atoms with Crippen LogP contribution in [-0.4, -0.2) is 59.4 Å². The van der Waals surface area contributed by atoms with Gasteiger partial charge in [-0.2, -0.15) is 0 Å². The molecule has 1 aromatic heterocycles. The van der Waals surface area contributed by atoms with Gasteiger partial charge in [-0.1, -0.05) is 0 Å². The molecule has 3 aliphatic rings. The Bertz CT molecular complexity index is 691. The van der Waals surface area contributed by atoms with Gasteiger partial charge in [0.1, 0.15) is 0 Å². The third-order valence-electron chi connectivity index (χ3n) is 7.18. The molecule has 2 unspecified atom stereocenters. The number of nitrogens with zero attached hydrogens (tertiary/aromatic N) is 3. The number of hydrogen-bond acceptors (Lipinski definition) is 4. The second-order valence-corrected chi connectivity index (χ2v) is 8.86. The molecule has 3 heterocycles. The highest BCUT2D eigenvalue weighted by atomic mass is 16.5. The normalized spacial score (nSPS) is 27.1. The minimum Gasteiger partial charge on any atom is -0.381 e. The monoisotopic (exact) mass is 399 g/mol. The number of fused-ring (bicyclic) bond motifs is 2. The van der Waals surface area contributed by atoms with E-state index >= 15 is 0 Å². The molecule has 2 atom stereocenters. The Morgan fingerprint density at radius 2 is 1.76 bits per heavy atom. The molecule has 0 radical (unpaired) electrons. The molecule has 2 amide bonds. The first-order valence-electron chi connectivity index (χ1n) is 11.2. The molecule has 3 fully saturated rings.